The summed E-state index contributed by atoms with van der Waals surface area (Å²) in [6.07, 6.45) is 0. The van der Waals surface area contributed by atoms with Crippen molar-refractivity contribution in [3.8, 4) is 0 Å². The average molecular weight is 778 g/mol. The van der Waals surface area contributed by atoms with Crippen LogP contribution in [0.1, 0.15) is 44.5 Å². The van der Waals surface area contributed by atoms with Crippen LogP contribution in [0.5, 0.6) is 0 Å². The third-order valence-corrected chi connectivity index (χ3v) is 5.83. The van der Waals surface area contributed by atoms with Gasteiger partial charge < -0.3 is 20.9 Å². The minimum Gasteiger partial charge on any atom is -0.360 e. The number of hydrogen-bond acceptors (Lipinski definition) is 1. The van der Waals surface area contributed by atoms with Crippen LogP contribution < -0.4 is 0 Å². The van der Waals surface area contributed by atoms with Crippen molar-refractivity contribution in [2.45, 2.75) is 55.4 Å². The van der Waals surface area contributed by atoms with Crippen molar-refractivity contribution in [2.75, 3.05) is 26.3 Å². The van der Waals surface area contributed by atoms with Gasteiger partial charge in [0.1, 0.15) is 13.2 Å². The smallest absolute Gasteiger partial charge is 0.0805 e. The van der Waals surface area contributed by atoms with Gasteiger partial charge in [-0.25, -0.2) is 5.22 Å². The second-order valence-electron chi connectivity index (χ2n) is 8.15. The Hall–Kier alpha value is -0.274. The molecule has 0 atom stereocenters. The molecule has 0 bridgehead atoms. The minimum atomic E-state index is -0.826. The Balaban J connectivity index is 0. The number of halogens is 4. The monoisotopic (exact) mass is 773 g/mol. The fourth-order valence-corrected chi connectivity index (χ4v) is 3.48. The molecule has 0 spiro atoms. The number of nitrogens with zero attached hydrogens (tertiary/aromatic N) is 7. The van der Waals surface area contributed by atoms with E-state index >= 15 is 0 Å². The fourth-order valence-electron chi connectivity index (χ4n) is 3.48. The molecule has 2 rings (SSSR count). The van der Waals surface area contributed by atoms with Gasteiger partial charge in [-0.05, 0) is 77.6 Å². The molecular formula is C24H35Cl4N7O2Zr2-2. The molecule has 9 nitrogen and oxygen atoms in total. The van der Waals surface area contributed by atoms with E-state index in [9.17, 15) is 0 Å². The summed E-state index contributed by atoms with van der Waals surface area (Å²) in [5.74, 6) is 0. The first-order valence-electron chi connectivity index (χ1n) is 11.6. The second-order valence-corrected chi connectivity index (χ2v) is 15.6. The van der Waals surface area contributed by atoms with Crippen molar-refractivity contribution >= 4 is 45.4 Å². The van der Waals surface area contributed by atoms with Gasteiger partial charge in [0.25, 0.3) is 0 Å². The van der Waals surface area contributed by atoms with E-state index in [4.69, 9.17) is 55.1 Å². The van der Waals surface area contributed by atoms with Gasteiger partial charge in [0, 0.05) is 0 Å². The van der Waals surface area contributed by atoms with Crippen LogP contribution in [0.25, 0.3) is 16.2 Å². The first kappa shape index (κ1) is 40.9. The summed E-state index contributed by atoms with van der Waals surface area (Å²) in [5.41, 5.74) is 20.0. The number of aliphatic hydroxyl groups is 2. The Morgan fingerprint density at radius 1 is 0.692 bits per heavy atom. The Labute approximate surface area is 269 Å². The van der Waals surface area contributed by atoms with Crippen LogP contribution in [0.2, 0.25) is 0 Å². The molecule has 1 N–H and O–H groups in total. The molecule has 0 amide bonds. The summed E-state index contributed by atoms with van der Waals surface area (Å²) < 4.78 is 4.62. The first-order chi connectivity index (χ1) is 18.5. The molecule has 0 fully saturated rings. The Kier molecular flexibility index (Phi) is 26.7. The van der Waals surface area contributed by atoms with Crippen molar-refractivity contribution in [2.24, 2.45) is 21.0 Å². The third kappa shape index (κ3) is 17.3. The SMILES string of the molecule is Cc1cc(C)c(C)c([N-]CC[OH+]CC[N-]c2c(C)c(C)cc(C)c2C)c1C.[Cl][Zr][Cl].[Cl][Zr][Cl].[N-]=N/N=N/N=O. The molecule has 0 saturated carbocycles. The van der Waals surface area contributed by atoms with Crippen molar-refractivity contribution in [3.05, 3.63) is 77.7 Å². The van der Waals surface area contributed by atoms with Crippen molar-refractivity contribution < 1.29 is 46.4 Å². The molecule has 0 aliphatic carbocycles. The van der Waals surface area contributed by atoms with E-state index in [0.717, 1.165) is 37.7 Å². The van der Waals surface area contributed by atoms with E-state index in [0.29, 0.717) is 0 Å². The Bertz CT molecular complexity index is 917. The summed E-state index contributed by atoms with van der Waals surface area (Å²) >= 11 is -1.65. The number of benzene rings is 2. The third-order valence-electron chi connectivity index (χ3n) is 5.83. The van der Waals surface area contributed by atoms with Gasteiger partial charge in [-0.1, -0.05) is 47.5 Å². The molecule has 0 aliphatic heterocycles. The Morgan fingerprint density at radius 2 is 1.00 bits per heavy atom. The number of nitroso groups, excluding NO2 is 1. The van der Waals surface area contributed by atoms with Crippen molar-refractivity contribution in [3.63, 3.8) is 0 Å². The molecule has 216 valence electrons. The van der Waals surface area contributed by atoms with E-state index in [1.165, 1.54) is 44.5 Å². The molecule has 2 aromatic carbocycles. The molecule has 2 aromatic rings. The maximum absolute atomic E-state index is 8.88. The zero-order chi connectivity index (χ0) is 30.4. The maximum Gasteiger partial charge on any atom is 0.0805 e. The van der Waals surface area contributed by atoms with Crippen LogP contribution in [-0.2, 0) is 41.7 Å². The van der Waals surface area contributed by atoms with Gasteiger partial charge in [-0.2, -0.15) is 0 Å². The number of ether oxygens (including phenoxy) is 1. The van der Waals surface area contributed by atoms with Crippen LogP contribution in [0.15, 0.2) is 33.1 Å². The van der Waals surface area contributed by atoms with Crippen molar-refractivity contribution in [1.29, 1.82) is 0 Å². The summed E-state index contributed by atoms with van der Waals surface area (Å²) in [7, 11) is 19.7. The maximum atomic E-state index is 8.88. The predicted molar refractivity (Wildman–Crippen MR) is 158 cm³/mol. The minimum absolute atomic E-state index is 0.742. The molecule has 0 saturated heterocycles. The molecule has 0 unspecified atom stereocenters. The van der Waals surface area contributed by atoms with Gasteiger partial charge in [0.2, 0.25) is 0 Å². The molecule has 0 aliphatic rings. The average Bonchev–Trinajstić information content (AvgIpc) is 2.89. The molecule has 0 heterocycles. The molecular weight excluding hydrogens is 743 g/mol. The fraction of sp³-hybridized carbons (Fsp3) is 0.500. The largest absolute Gasteiger partial charge is 0.360 e. The van der Waals surface area contributed by atoms with Gasteiger partial charge >= 0.3 is 75.7 Å². The standard InChI is InChI=1S/C24H34N2O.4ClH.N5O.2Zr/c1-15-13-16(2)20(6)23(19(15)5)25-9-11-27-12-10-26-24-21(7)17(3)14-18(4)22(24)8;;;;;1-2-3-4-5-6;;/h13-14H,9-12H2,1-8H3;4*1H;;;/q-2;;;;;-1;2*+2/p-3/b;;;;;4-3+;;. The van der Waals surface area contributed by atoms with E-state index in [-0.39, 0.29) is 0 Å². The summed E-state index contributed by atoms with van der Waals surface area (Å²) in [5, 5.41) is 18.4. The van der Waals surface area contributed by atoms with E-state index in [1.54, 1.807) is 0 Å². The molecule has 0 radical (unpaired) electrons. The summed E-state index contributed by atoms with van der Waals surface area (Å²) in [4.78, 5) is 8.88. The Morgan fingerprint density at radius 3 is 1.23 bits per heavy atom. The van der Waals surface area contributed by atoms with E-state index in [1.807, 2.05) is 5.29 Å². The topological polar surface area (TPSA) is 130 Å². The van der Waals surface area contributed by atoms with Crippen LogP contribution in [-0.4, -0.2) is 31.0 Å². The zero-order valence-corrected chi connectivity index (χ0v) is 31.4. The van der Waals surface area contributed by atoms with Gasteiger partial charge in [0.15, 0.2) is 0 Å². The van der Waals surface area contributed by atoms with E-state index in [2.05, 4.69) is 87.9 Å². The number of aryl methyl sites for hydroxylation is 4. The zero-order valence-electron chi connectivity index (χ0n) is 23.5. The van der Waals surface area contributed by atoms with Crippen LogP contribution in [0, 0.1) is 60.3 Å². The van der Waals surface area contributed by atoms with Gasteiger partial charge in [0.05, 0.1) is 5.29 Å². The molecule has 0 aromatic heterocycles. The quantitative estimate of drug-likeness (QED) is 0.0768. The number of hydrogen-bond donors (Lipinski definition) is 0. The van der Waals surface area contributed by atoms with Crippen LogP contribution in [0.3, 0.4) is 0 Å². The van der Waals surface area contributed by atoms with Crippen LogP contribution >= 0.6 is 34.1 Å². The van der Waals surface area contributed by atoms with Gasteiger partial charge in [-0.3, -0.25) is 5.22 Å². The first-order valence-corrected chi connectivity index (χ1v) is 24.3. The van der Waals surface area contributed by atoms with Crippen LogP contribution in [0.4, 0.5) is 11.4 Å². The predicted octanol–water partition coefficient (Wildman–Crippen LogP) is 10.2. The second kappa shape index (κ2) is 25.4. The summed E-state index contributed by atoms with van der Waals surface area (Å²) in [6.45, 7) is 20.3. The number of rotatable bonds is 10. The van der Waals surface area contributed by atoms with Gasteiger partial charge in [-0.15, -0.1) is 21.5 Å². The normalized spacial score (nSPS) is 9.64. The summed E-state index contributed by atoms with van der Waals surface area (Å²) in [6, 6.07) is 4.49. The van der Waals surface area contributed by atoms with Crippen molar-refractivity contribution in [1.82, 2.24) is 0 Å². The molecule has 39 heavy (non-hydrogen) atoms. The molecule has 15 heteroatoms. The van der Waals surface area contributed by atoms with E-state index < -0.39 is 41.7 Å².